The highest BCUT2D eigenvalue weighted by molar-refractivity contribution is 5.80. The Balaban J connectivity index is 1.62. The molecule has 0 aliphatic rings. The third-order valence-corrected chi connectivity index (χ3v) is 3.93. The number of carbonyl (C=O) groups excluding carboxylic acids is 1. The largest absolute Gasteiger partial charge is 0.481 e. The van der Waals surface area contributed by atoms with E-state index in [0.717, 1.165) is 16.8 Å². The van der Waals surface area contributed by atoms with Crippen LogP contribution in [0.4, 0.5) is 0 Å². The summed E-state index contributed by atoms with van der Waals surface area (Å²) >= 11 is 0. The Hall–Kier alpha value is -3.08. The molecule has 1 aromatic heterocycles. The van der Waals surface area contributed by atoms with Gasteiger partial charge in [-0.1, -0.05) is 35.9 Å². The Labute approximate surface area is 147 Å². The summed E-state index contributed by atoms with van der Waals surface area (Å²) in [5, 5.41) is 2.94. The Morgan fingerprint density at radius 3 is 2.68 bits per heavy atom. The number of benzene rings is 2. The van der Waals surface area contributed by atoms with Crippen molar-refractivity contribution in [2.75, 3.05) is 0 Å². The number of rotatable bonds is 6. The van der Waals surface area contributed by atoms with Crippen LogP contribution in [0.1, 0.15) is 18.1 Å². The van der Waals surface area contributed by atoms with Crippen molar-refractivity contribution in [3.63, 3.8) is 0 Å². The highest BCUT2D eigenvalue weighted by Crippen LogP contribution is 2.15. The van der Waals surface area contributed by atoms with Crippen molar-refractivity contribution < 1.29 is 9.53 Å². The number of carbonyl (C=O) groups is 1. The number of aromatic nitrogens is 2. The number of hydrogen-bond donors (Lipinski definition) is 1. The summed E-state index contributed by atoms with van der Waals surface area (Å²) in [6.45, 7) is 4.18. The maximum absolute atomic E-state index is 12.3. The van der Waals surface area contributed by atoms with E-state index in [1.165, 1.54) is 0 Å². The van der Waals surface area contributed by atoms with Crippen LogP contribution in [0, 0.1) is 6.92 Å². The fraction of sp³-hybridized carbons (Fsp3) is 0.200. The van der Waals surface area contributed by atoms with Gasteiger partial charge in [-0.05, 0) is 37.6 Å². The molecule has 5 nitrogen and oxygen atoms in total. The maximum Gasteiger partial charge on any atom is 0.261 e. The Kier molecular flexibility index (Phi) is 5.14. The lowest BCUT2D eigenvalue weighted by Crippen LogP contribution is -2.36. The molecular formula is C20H21N3O2. The molecule has 0 fully saturated rings. The molecule has 1 amide bonds. The van der Waals surface area contributed by atoms with Crippen molar-refractivity contribution in [3.05, 3.63) is 78.4 Å². The van der Waals surface area contributed by atoms with E-state index in [-0.39, 0.29) is 5.91 Å². The van der Waals surface area contributed by atoms with Gasteiger partial charge in [0.25, 0.3) is 5.91 Å². The first-order valence-electron chi connectivity index (χ1n) is 8.21. The lowest BCUT2D eigenvalue weighted by atomic mass is 10.1. The fourth-order valence-electron chi connectivity index (χ4n) is 2.51. The first-order chi connectivity index (χ1) is 12.1. The normalized spacial score (nSPS) is 11.8. The molecule has 0 unspecified atom stereocenters. The lowest BCUT2D eigenvalue weighted by molar-refractivity contribution is -0.127. The summed E-state index contributed by atoms with van der Waals surface area (Å²) in [5.41, 5.74) is 3.16. The van der Waals surface area contributed by atoms with E-state index in [1.807, 2.05) is 66.2 Å². The van der Waals surface area contributed by atoms with Gasteiger partial charge in [-0.25, -0.2) is 4.98 Å². The van der Waals surface area contributed by atoms with Crippen LogP contribution < -0.4 is 10.1 Å². The van der Waals surface area contributed by atoms with Crippen LogP contribution in [0.25, 0.3) is 5.69 Å². The van der Waals surface area contributed by atoms with Crippen LogP contribution in [0.3, 0.4) is 0 Å². The number of ether oxygens (including phenoxy) is 1. The molecule has 25 heavy (non-hydrogen) atoms. The molecule has 2 aromatic carbocycles. The molecule has 0 saturated carbocycles. The number of nitrogens with one attached hydrogen (secondary N) is 1. The predicted molar refractivity (Wildman–Crippen MR) is 96.7 cm³/mol. The molecule has 0 bridgehead atoms. The van der Waals surface area contributed by atoms with Gasteiger partial charge in [0.2, 0.25) is 0 Å². The molecular weight excluding hydrogens is 314 g/mol. The maximum atomic E-state index is 12.3. The SMILES string of the molecule is Cc1ccc(O[C@@H](C)C(=O)NCc2ccccc2-n2ccnc2)cc1. The topological polar surface area (TPSA) is 56.1 Å². The molecule has 5 heteroatoms. The average Bonchev–Trinajstić information content (AvgIpc) is 3.16. The Morgan fingerprint density at radius 1 is 1.20 bits per heavy atom. The first-order valence-corrected chi connectivity index (χ1v) is 8.21. The van der Waals surface area contributed by atoms with Crippen LogP contribution >= 0.6 is 0 Å². The molecule has 3 aromatic rings. The number of amides is 1. The minimum Gasteiger partial charge on any atom is -0.481 e. The number of hydrogen-bond acceptors (Lipinski definition) is 3. The van der Waals surface area contributed by atoms with Gasteiger partial charge in [0.15, 0.2) is 6.10 Å². The summed E-state index contributed by atoms with van der Waals surface area (Å²) in [6.07, 6.45) is 4.78. The van der Waals surface area contributed by atoms with Crippen molar-refractivity contribution in [1.82, 2.24) is 14.9 Å². The zero-order chi connectivity index (χ0) is 17.6. The van der Waals surface area contributed by atoms with E-state index in [0.29, 0.717) is 12.3 Å². The van der Waals surface area contributed by atoms with Gasteiger partial charge in [-0.2, -0.15) is 0 Å². The van der Waals surface area contributed by atoms with E-state index >= 15 is 0 Å². The highest BCUT2D eigenvalue weighted by Gasteiger charge is 2.15. The van der Waals surface area contributed by atoms with E-state index < -0.39 is 6.10 Å². The highest BCUT2D eigenvalue weighted by atomic mass is 16.5. The van der Waals surface area contributed by atoms with E-state index in [2.05, 4.69) is 10.3 Å². The molecule has 1 heterocycles. The number of imidazole rings is 1. The van der Waals surface area contributed by atoms with Crippen molar-refractivity contribution in [2.24, 2.45) is 0 Å². The summed E-state index contributed by atoms with van der Waals surface area (Å²) < 4.78 is 7.62. The van der Waals surface area contributed by atoms with Crippen molar-refractivity contribution >= 4 is 5.91 Å². The molecule has 0 radical (unpaired) electrons. The van der Waals surface area contributed by atoms with Crippen LogP contribution in [0.2, 0.25) is 0 Å². The van der Waals surface area contributed by atoms with Crippen LogP contribution in [0.5, 0.6) is 5.75 Å². The number of aryl methyl sites for hydroxylation is 1. The second kappa shape index (κ2) is 7.66. The smallest absolute Gasteiger partial charge is 0.261 e. The van der Waals surface area contributed by atoms with Crippen molar-refractivity contribution in [2.45, 2.75) is 26.5 Å². The summed E-state index contributed by atoms with van der Waals surface area (Å²) in [6, 6.07) is 15.6. The zero-order valence-corrected chi connectivity index (χ0v) is 14.3. The van der Waals surface area contributed by atoms with Crippen LogP contribution in [-0.2, 0) is 11.3 Å². The molecule has 0 spiro atoms. The summed E-state index contributed by atoms with van der Waals surface area (Å²) in [7, 11) is 0. The van der Waals surface area contributed by atoms with Gasteiger partial charge in [-0.15, -0.1) is 0 Å². The second-order valence-electron chi connectivity index (χ2n) is 5.89. The second-order valence-corrected chi connectivity index (χ2v) is 5.89. The van der Waals surface area contributed by atoms with Gasteiger partial charge in [0.1, 0.15) is 5.75 Å². The van der Waals surface area contributed by atoms with Gasteiger partial charge in [0, 0.05) is 18.9 Å². The monoisotopic (exact) mass is 335 g/mol. The van der Waals surface area contributed by atoms with Crippen LogP contribution in [-0.4, -0.2) is 21.6 Å². The standard InChI is InChI=1S/C20H21N3O2/c1-15-7-9-18(10-8-15)25-16(2)20(24)22-13-17-5-3-4-6-19(17)23-12-11-21-14-23/h3-12,14,16H,13H2,1-2H3,(H,22,24)/t16-/m0/s1. The quantitative estimate of drug-likeness (QED) is 0.752. The predicted octanol–water partition coefficient (Wildman–Crippen LogP) is 3.26. The van der Waals surface area contributed by atoms with Crippen molar-refractivity contribution in [3.8, 4) is 11.4 Å². The zero-order valence-electron chi connectivity index (χ0n) is 14.3. The van der Waals surface area contributed by atoms with Gasteiger partial charge >= 0.3 is 0 Å². The summed E-state index contributed by atoms with van der Waals surface area (Å²) in [4.78, 5) is 16.4. The van der Waals surface area contributed by atoms with Crippen LogP contribution in [0.15, 0.2) is 67.3 Å². The molecule has 3 rings (SSSR count). The fourth-order valence-corrected chi connectivity index (χ4v) is 2.51. The van der Waals surface area contributed by atoms with E-state index in [4.69, 9.17) is 4.74 Å². The Bertz CT molecular complexity index is 826. The molecule has 0 aliphatic heterocycles. The third-order valence-electron chi connectivity index (χ3n) is 3.93. The van der Waals surface area contributed by atoms with Crippen molar-refractivity contribution in [1.29, 1.82) is 0 Å². The molecule has 0 saturated heterocycles. The third kappa shape index (κ3) is 4.26. The van der Waals surface area contributed by atoms with Gasteiger partial charge in [0.05, 0.1) is 12.0 Å². The minimum absolute atomic E-state index is 0.152. The number of nitrogens with zero attached hydrogens (tertiary/aromatic N) is 2. The van der Waals surface area contributed by atoms with E-state index in [9.17, 15) is 4.79 Å². The van der Waals surface area contributed by atoms with Gasteiger partial charge < -0.3 is 14.6 Å². The minimum atomic E-state index is -0.567. The van der Waals surface area contributed by atoms with Gasteiger partial charge in [-0.3, -0.25) is 4.79 Å². The molecule has 1 atom stereocenters. The first kappa shape index (κ1) is 16.8. The lowest BCUT2D eigenvalue weighted by Gasteiger charge is -2.16. The molecule has 0 aliphatic carbocycles. The summed E-state index contributed by atoms with van der Waals surface area (Å²) in [5.74, 6) is 0.535. The molecule has 1 N–H and O–H groups in total. The van der Waals surface area contributed by atoms with E-state index in [1.54, 1.807) is 19.4 Å². The Morgan fingerprint density at radius 2 is 1.96 bits per heavy atom. The number of para-hydroxylation sites is 1. The average molecular weight is 335 g/mol. The molecule has 128 valence electrons.